The summed E-state index contributed by atoms with van der Waals surface area (Å²) in [6, 6.07) is 16.5. The number of furan rings is 1. The molecule has 2 N–H and O–H groups in total. The van der Waals surface area contributed by atoms with E-state index < -0.39 is 0 Å². The van der Waals surface area contributed by atoms with Crippen LogP contribution in [-0.2, 0) is 24.5 Å². The van der Waals surface area contributed by atoms with Crippen molar-refractivity contribution in [2.75, 3.05) is 5.32 Å². The van der Waals surface area contributed by atoms with Gasteiger partial charge in [-0.25, -0.2) is 4.79 Å². The highest BCUT2D eigenvalue weighted by molar-refractivity contribution is 5.89. The van der Waals surface area contributed by atoms with E-state index in [4.69, 9.17) is 9.15 Å². The van der Waals surface area contributed by atoms with Crippen LogP contribution < -0.4 is 10.6 Å². The number of rotatable bonds is 7. The largest absolute Gasteiger partial charge is 0.467 e. The van der Waals surface area contributed by atoms with Gasteiger partial charge in [0.05, 0.1) is 25.1 Å². The van der Waals surface area contributed by atoms with E-state index >= 15 is 0 Å². The number of benzene rings is 1. The van der Waals surface area contributed by atoms with E-state index in [0.29, 0.717) is 25.4 Å². The number of ether oxygens (including phenoxy) is 1. The zero-order valence-electron chi connectivity index (χ0n) is 13.6. The Morgan fingerprint density at radius 1 is 1.08 bits per heavy atom. The molecule has 0 unspecified atom stereocenters. The topological polar surface area (TPSA) is 76.4 Å². The molecule has 0 aliphatic carbocycles. The molecule has 1 aromatic carbocycles. The number of carbonyl (C=O) groups excluding carboxylic acids is 1. The quantitative estimate of drug-likeness (QED) is 0.689. The normalized spacial score (nSPS) is 10.4. The van der Waals surface area contributed by atoms with Crippen molar-refractivity contribution in [2.45, 2.75) is 19.8 Å². The Morgan fingerprint density at radius 2 is 2.04 bits per heavy atom. The zero-order chi connectivity index (χ0) is 17.3. The minimum absolute atomic E-state index is 0.278. The number of pyridine rings is 1. The molecule has 0 saturated carbocycles. The van der Waals surface area contributed by atoms with E-state index in [2.05, 4.69) is 15.6 Å². The lowest BCUT2D eigenvalue weighted by molar-refractivity contribution is 0.0930. The fourth-order valence-corrected chi connectivity index (χ4v) is 2.25. The maximum absolute atomic E-state index is 12.0. The maximum atomic E-state index is 12.0. The molecule has 0 bridgehead atoms. The Labute approximate surface area is 145 Å². The highest BCUT2D eigenvalue weighted by Crippen LogP contribution is 2.13. The molecule has 0 atom stereocenters. The Bertz CT molecular complexity index is 789. The number of anilines is 1. The first-order valence-corrected chi connectivity index (χ1v) is 7.93. The molecule has 25 heavy (non-hydrogen) atoms. The average Bonchev–Trinajstić information content (AvgIpc) is 3.15. The molecule has 3 rings (SSSR count). The summed E-state index contributed by atoms with van der Waals surface area (Å²) in [5.74, 6) is 0.781. The third kappa shape index (κ3) is 5.47. The molecule has 0 aliphatic heterocycles. The molecule has 3 aromatic rings. The molecule has 2 aromatic heterocycles. The summed E-state index contributed by atoms with van der Waals surface area (Å²) < 4.78 is 10.8. The van der Waals surface area contributed by atoms with Crippen molar-refractivity contribution in [2.24, 2.45) is 0 Å². The number of aromatic nitrogens is 1. The number of amides is 2. The maximum Gasteiger partial charge on any atom is 0.319 e. The first-order valence-electron chi connectivity index (χ1n) is 7.93. The highest BCUT2D eigenvalue weighted by Gasteiger charge is 2.04. The van der Waals surface area contributed by atoms with E-state index in [9.17, 15) is 4.79 Å². The lowest BCUT2D eigenvalue weighted by Crippen LogP contribution is -2.28. The van der Waals surface area contributed by atoms with Gasteiger partial charge in [0, 0.05) is 11.9 Å². The summed E-state index contributed by atoms with van der Waals surface area (Å²) in [4.78, 5) is 16.1. The molecular weight excluding hydrogens is 318 g/mol. The Morgan fingerprint density at radius 3 is 2.84 bits per heavy atom. The van der Waals surface area contributed by atoms with Crippen LogP contribution in [-0.4, -0.2) is 11.0 Å². The van der Waals surface area contributed by atoms with Crippen molar-refractivity contribution in [3.63, 3.8) is 0 Å². The molecule has 128 valence electrons. The van der Waals surface area contributed by atoms with Crippen molar-refractivity contribution >= 4 is 11.7 Å². The van der Waals surface area contributed by atoms with Crippen molar-refractivity contribution in [1.82, 2.24) is 10.3 Å². The molecule has 0 radical (unpaired) electrons. The lowest BCUT2D eigenvalue weighted by Gasteiger charge is -2.09. The van der Waals surface area contributed by atoms with Gasteiger partial charge in [-0.2, -0.15) is 0 Å². The van der Waals surface area contributed by atoms with Gasteiger partial charge in [-0.05, 0) is 42.0 Å². The van der Waals surface area contributed by atoms with E-state index in [1.165, 1.54) is 0 Å². The lowest BCUT2D eigenvalue weighted by atomic mass is 10.2. The van der Waals surface area contributed by atoms with Gasteiger partial charge in [0.25, 0.3) is 0 Å². The van der Waals surface area contributed by atoms with Gasteiger partial charge in [0.2, 0.25) is 0 Å². The summed E-state index contributed by atoms with van der Waals surface area (Å²) in [6.07, 6.45) is 3.31. The monoisotopic (exact) mass is 337 g/mol. The fraction of sp³-hybridized carbons (Fsp3) is 0.158. The van der Waals surface area contributed by atoms with Crippen LogP contribution in [0.1, 0.15) is 17.0 Å². The molecular formula is C19H19N3O3. The first-order chi connectivity index (χ1) is 12.3. The van der Waals surface area contributed by atoms with Crippen LogP contribution in [0.5, 0.6) is 0 Å². The van der Waals surface area contributed by atoms with Crippen LogP contribution in [0, 0.1) is 0 Å². The van der Waals surface area contributed by atoms with Gasteiger partial charge in [-0.1, -0.05) is 18.2 Å². The van der Waals surface area contributed by atoms with Gasteiger partial charge in [-0.15, -0.1) is 0 Å². The van der Waals surface area contributed by atoms with Gasteiger partial charge in [-0.3, -0.25) is 4.98 Å². The van der Waals surface area contributed by atoms with Crippen molar-refractivity contribution in [1.29, 1.82) is 0 Å². The second kappa shape index (κ2) is 8.65. The molecule has 6 heteroatoms. The smallest absolute Gasteiger partial charge is 0.319 e. The molecule has 2 amide bonds. The molecule has 6 nitrogen and oxygen atoms in total. The number of nitrogens with zero attached hydrogens (tertiary/aromatic N) is 1. The standard InChI is InChI=1S/C19H19N3O3/c23-19(21-12-17-6-1-2-9-20-17)22-16-7-3-5-15(11-16)13-24-14-18-8-4-10-25-18/h1-11H,12-14H2,(H2,21,22,23). The van der Waals surface area contributed by atoms with Crippen LogP contribution in [0.3, 0.4) is 0 Å². The predicted molar refractivity (Wildman–Crippen MR) is 93.7 cm³/mol. The molecule has 0 aliphatic rings. The number of nitrogens with one attached hydrogen (secondary N) is 2. The summed E-state index contributed by atoms with van der Waals surface area (Å²) in [5, 5.41) is 5.58. The second-order valence-electron chi connectivity index (χ2n) is 5.40. The number of hydrogen-bond acceptors (Lipinski definition) is 4. The summed E-state index contributed by atoms with van der Waals surface area (Å²) in [5.41, 5.74) is 2.48. The summed E-state index contributed by atoms with van der Waals surface area (Å²) in [7, 11) is 0. The molecule has 0 fully saturated rings. The Kier molecular flexibility index (Phi) is 5.79. The van der Waals surface area contributed by atoms with Crippen LogP contribution >= 0.6 is 0 Å². The van der Waals surface area contributed by atoms with E-state index in [0.717, 1.165) is 17.0 Å². The van der Waals surface area contributed by atoms with Gasteiger partial charge in [0.1, 0.15) is 12.4 Å². The van der Waals surface area contributed by atoms with Gasteiger partial charge >= 0.3 is 6.03 Å². The number of urea groups is 1. The summed E-state index contributed by atoms with van der Waals surface area (Å²) >= 11 is 0. The van der Waals surface area contributed by atoms with Crippen LogP contribution in [0.15, 0.2) is 71.5 Å². The Hall–Kier alpha value is -3.12. The number of carbonyl (C=O) groups is 1. The average molecular weight is 337 g/mol. The van der Waals surface area contributed by atoms with Crippen LogP contribution in [0.25, 0.3) is 0 Å². The first kappa shape index (κ1) is 16.7. The molecule has 2 heterocycles. The van der Waals surface area contributed by atoms with E-state index in [1.54, 1.807) is 12.5 Å². The van der Waals surface area contributed by atoms with Crippen LogP contribution in [0.4, 0.5) is 10.5 Å². The molecule has 0 spiro atoms. The third-order valence-electron chi connectivity index (χ3n) is 3.43. The second-order valence-corrected chi connectivity index (χ2v) is 5.40. The van der Waals surface area contributed by atoms with Crippen molar-refractivity contribution in [3.8, 4) is 0 Å². The van der Waals surface area contributed by atoms with E-state index in [1.807, 2.05) is 54.6 Å². The SMILES string of the molecule is O=C(NCc1ccccn1)Nc1cccc(COCc2ccco2)c1. The van der Waals surface area contributed by atoms with Crippen LogP contribution in [0.2, 0.25) is 0 Å². The minimum atomic E-state index is -0.278. The van der Waals surface area contributed by atoms with Crippen molar-refractivity contribution < 1.29 is 13.9 Å². The fourth-order valence-electron chi connectivity index (χ4n) is 2.25. The highest BCUT2D eigenvalue weighted by atomic mass is 16.5. The molecule has 0 saturated heterocycles. The number of hydrogen-bond donors (Lipinski definition) is 2. The third-order valence-corrected chi connectivity index (χ3v) is 3.43. The Balaban J connectivity index is 1.46. The summed E-state index contributed by atoms with van der Waals surface area (Å²) in [6.45, 7) is 1.22. The van der Waals surface area contributed by atoms with Gasteiger partial charge in [0.15, 0.2) is 0 Å². The minimum Gasteiger partial charge on any atom is -0.467 e. The van der Waals surface area contributed by atoms with Crippen molar-refractivity contribution in [3.05, 3.63) is 84.1 Å². The van der Waals surface area contributed by atoms with E-state index in [-0.39, 0.29) is 6.03 Å². The predicted octanol–water partition coefficient (Wildman–Crippen LogP) is 3.71. The van der Waals surface area contributed by atoms with Gasteiger partial charge < -0.3 is 19.8 Å². The zero-order valence-corrected chi connectivity index (χ0v) is 13.6.